The Bertz CT molecular complexity index is 1670. The largest absolute Gasteiger partial charge is 0.366 e. The number of nitrogens with zero attached hydrogens (tertiary/aromatic N) is 4. The van der Waals surface area contributed by atoms with E-state index in [2.05, 4.69) is 88.5 Å². The molecular formula is C39H43N5O. The number of nitrogens with one attached hydrogen (secondary N) is 1. The zero-order valence-electron chi connectivity index (χ0n) is 26.1. The normalized spacial score (nSPS) is 20.1. The minimum absolute atomic E-state index is 0.0449. The Kier molecular flexibility index (Phi) is 9.87. The predicted octanol–water partition coefficient (Wildman–Crippen LogP) is 7.71. The first kappa shape index (κ1) is 30.6. The van der Waals surface area contributed by atoms with Crippen molar-refractivity contribution in [2.45, 2.75) is 57.5 Å². The lowest BCUT2D eigenvalue weighted by molar-refractivity contribution is 0.0707. The van der Waals surface area contributed by atoms with E-state index in [4.69, 9.17) is 4.98 Å². The molecule has 230 valence electrons. The van der Waals surface area contributed by atoms with Crippen LogP contribution in [0.1, 0.15) is 65.7 Å². The molecule has 2 aliphatic heterocycles. The fourth-order valence-corrected chi connectivity index (χ4v) is 6.93. The second-order valence-electron chi connectivity index (χ2n) is 12.4. The van der Waals surface area contributed by atoms with Crippen molar-refractivity contribution in [3.63, 3.8) is 0 Å². The minimum Gasteiger partial charge on any atom is -0.366 e. The van der Waals surface area contributed by atoms with Crippen LogP contribution in [-0.2, 0) is 13.0 Å². The Morgan fingerprint density at radius 2 is 1.93 bits per heavy atom. The summed E-state index contributed by atoms with van der Waals surface area (Å²) in [6.07, 6.45) is 18.9. The van der Waals surface area contributed by atoms with Crippen LogP contribution in [0.15, 0.2) is 91.1 Å². The van der Waals surface area contributed by atoms with Crippen LogP contribution in [0.3, 0.4) is 0 Å². The smallest absolute Gasteiger partial charge is 0.254 e. The van der Waals surface area contributed by atoms with Crippen LogP contribution >= 0.6 is 0 Å². The van der Waals surface area contributed by atoms with Gasteiger partial charge in [-0.05, 0) is 97.7 Å². The number of hydrogen-bond donors (Lipinski definition) is 1. The highest BCUT2D eigenvalue weighted by Gasteiger charge is 2.33. The fraction of sp³-hybridized carbons (Fsp3) is 0.359. The van der Waals surface area contributed by atoms with Gasteiger partial charge in [-0.15, -0.1) is 6.58 Å². The van der Waals surface area contributed by atoms with E-state index in [1.165, 1.54) is 34.8 Å². The van der Waals surface area contributed by atoms with Gasteiger partial charge in [-0.25, -0.2) is 4.98 Å². The van der Waals surface area contributed by atoms with Gasteiger partial charge in [0.15, 0.2) is 0 Å². The number of amides is 1. The second-order valence-corrected chi connectivity index (χ2v) is 12.4. The molecule has 1 unspecified atom stereocenters. The summed E-state index contributed by atoms with van der Waals surface area (Å²) in [5.74, 6) is 0.749. The third-order valence-electron chi connectivity index (χ3n) is 9.35. The first-order valence-corrected chi connectivity index (χ1v) is 16.4. The van der Waals surface area contributed by atoms with Crippen molar-refractivity contribution in [2.75, 3.05) is 31.5 Å². The van der Waals surface area contributed by atoms with E-state index in [1.54, 1.807) is 0 Å². The molecule has 0 spiro atoms. The summed E-state index contributed by atoms with van der Waals surface area (Å²) in [6.45, 7) is 8.66. The van der Waals surface area contributed by atoms with Crippen LogP contribution in [-0.4, -0.2) is 52.9 Å². The molecule has 6 rings (SSSR count). The Hall–Kier alpha value is -4.47. The van der Waals surface area contributed by atoms with Gasteiger partial charge in [-0.1, -0.05) is 72.8 Å². The van der Waals surface area contributed by atoms with Crippen LogP contribution < -0.4 is 5.32 Å². The van der Waals surface area contributed by atoms with E-state index in [0.29, 0.717) is 24.3 Å². The van der Waals surface area contributed by atoms with Gasteiger partial charge in [0.05, 0.1) is 17.7 Å². The van der Waals surface area contributed by atoms with Crippen molar-refractivity contribution in [3.05, 3.63) is 113 Å². The van der Waals surface area contributed by atoms with Gasteiger partial charge in [-0.3, -0.25) is 4.79 Å². The minimum atomic E-state index is -0.0449. The van der Waals surface area contributed by atoms with Gasteiger partial charge in [-0.2, -0.15) is 5.26 Å². The molecule has 2 atom stereocenters. The van der Waals surface area contributed by atoms with Gasteiger partial charge >= 0.3 is 0 Å². The summed E-state index contributed by atoms with van der Waals surface area (Å²) in [6, 6.07) is 19.3. The van der Waals surface area contributed by atoms with Crippen LogP contribution in [0.2, 0.25) is 0 Å². The highest BCUT2D eigenvalue weighted by atomic mass is 16.2. The fourth-order valence-electron chi connectivity index (χ4n) is 6.93. The number of benzene rings is 2. The molecule has 0 radical (unpaired) electrons. The monoisotopic (exact) mass is 597 g/mol. The molecule has 2 fully saturated rings. The lowest BCUT2D eigenvalue weighted by Gasteiger charge is -2.29. The number of aromatic nitrogens is 1. The molecule has 2 aromatic carbocycles. The maximum atomic E-state index is 14.4. The molecule has 1 aliphatic carbocycles. The molecule has 3 aromatic rings. The van der Waals surface area contributed by atoms with Gasteiger partial charge in [0.1, 0.15) is 5.82 Å². The average Bonchev–Trinajstić information content (AvgIpc) is 3.77. The Balaban J connectivity index is 1.31. The number of likely N-dealkylation sites (tertiary alicyclic amines) is 2. The van der Waals surface area contributed by atoms with Crippen LogP contribution in [0.25, 0.3) is 16.8 Å². The lowest BCUT2D eigenvalue weighted by atomic mass is 9.96. The molecular weight excluding hydrogens is 554 g/mol. The lowest BCUT2D eigenvalue weighted by Crippen LogP contribution is -2.43. The molecule has 45 heavy (non-hydrogen) atoms. The van der Waals surface area contributed by atoms with Gasteiger partial charge in [0, 0.05) is 31.2 Å². The van der Waals surface area contributed by atoms with Gasteiger partial charge in [0.2, 0.25) is 0 Å². The number of hydrogen-bond acceptors (Lipinski definition) is 5. The Morgan fingerprint density at radius 3 is 2.73 bits per heavy atom. The standard InChI is InChI=1S/C39H43N5O/c1-2-10-35-36(39(45)44-24-9-15-33(44)28-43-22-5-6-23-43)25-38(41-27-32-14-8-13-31-12-3-4-16-34(31)32)42-37(35)17-7-11-29-18-20-30(26-40)21-19-29/h2-4,7-8,12-14,16-20,25,30,33H,1,5-6,9-11,15,21-24,27-28H2,(H,41,42)/b17-7-/t30?,33-/m0/s1. The number of anilines is 1. The van der Waals surface area contributed by atoms with Crippen molar-refractivity contribution < 1.29 is 4.79 Å². The molecule has 3 heterocycles. The predicted molar refractivity (Wildman–Crippen MR) is 184 cm³/mol. The average molecular weight is 598 g/mol. The van der Waals surface area contributed by atoms with Crippen LogP contribution in [0.5, 0.6) is 0 Å². The first-order chi connectivity index (χ1) is 22.1. The number of allylic oxidation sites excluding steroid dienone is 6. The topological polar surface area (TPSA) is 72.3 Å². The Labute approximate surface area is 267 Å². The summed E-state index contributed by atoms with van der Waals surface area (Å²) in [5, 5.41) is 15.2. The maximum Gasteiger partial charge on any atom is 0.254 e. The zero-order chi connectivity index (χ0) is 31.0. The molecule has 1 aromatic heterocycles. The summed E-state index contributed by atoms with van der Waals surface area (Å²) >= 11 is 0. The Morgan fingerprint density at radius 1 is 1.09 bits per heavy atom. The molecule has 6 heteroatoms. The maximum absolute atomic E-state index is 14.4. The van der Waals surface area contributed by atoms with Crippen molar-refractivity contribution in [3.8, 4) is 6.07 Å². The summed E-state index contributed by atoms with van der Waals surface area (Å²) in [7, 11) is 0. The zero-order valence-corrected chi connectivity index (χ0v) is 26.1. The van der Waals surface area contributed by atoms with Crippen molar-refractivity contribution in [2.24, 2.45) is 5.92 Å². The van der Waals surface area contributed by atoms with Crippen molar-refractivity contribution >= 4 is 28.6 Å². The molecule has 1 N–H and O–H groups in total. The number of nitriles is 1. The van der Waals surface area contributed by atoms with Gasteiger partial charge < -0.3 is 15.1 Å². The summed E-state index contributed by atoms with van der Waals surface area (Å²) in [5.41, 5.74) is 4.81. The number of pyridine rings is 1. The van der Waals surface area contributed by atoms with E-state index in [9.17, 15) is 10.1 Å². The second kappa shape index (κ2) is 14.5. The van der Waals surface area contributed by atoms with Crippen LogP contribution in [0, 0.1) is 17.2 Å². The van der Waals surface area contributed by atoms with Crippen molar-refractivity contribution in [1.82, 2.24) is 14.8 Å². The number of fused-ring (bicyclic) bond motifs is 1. The van der Waals surface area contributed by atoms with E-state index in [1.807, 2.05) is 24.3 Å². The van der Waals surface area contributed by atoms with Crippen LogP contribution in [0.4, 0.5) is 5.82 Å². The van der Waals surface area contributed by atoms with Gasteiger partial charge in [0.25, 0.3) is 5.91 Å². The highest BCUT2D eigenvalue weighted by molar-refractivity contribution is 5.98. The third kappa shape index (κ3) is 7.27. The quantitative estimate of drug-likeness (QED) is 0.229. The number of carbonyl (C=O) groups excluding carboxylic acids is 1. The SMILES string of the molecule is C=CCc1c(C(=O)N2CCC[C@H]2CN2CCCC2)cc(NCc2cccc3ccccc23)nc1/C=C\CC1=CCC(C#N)C=C1. The molecule has 3 aliphatic rings. The van der Waals surface area contributed by atoms with E-state index in [0.717, 1.165) is 63.1 Å². The molecule has 0 bridgehead atoms. The molecule has 2 saturated heterocycles. The van der Waals surface area contributed by atoms with Crippen molar-refractivity contribution in [1.29, 1.82) is 5.26 Å². The summed E-state index contributed by atoms with van der Waals surface area (Å²) in [4.78, 5) is 24.1. The molecule has 6 nitrogen and oxygen atoms in total. The van der Waals surface area contributed by atoms with E-state index < -0.39 is 0 Å². The number of carbonyl (C=O) groups is 1. The van der Waals surface area contributed by atoms with E-state index >= 15 is 0 Å². The third-order valence-corrected chi connectivity index (χ3v) is 9.35. The highest BCUT2D eigenvalue weighted by Crippen LogP contribution is 2.28. The first-order valence-electron chi connectivity index (χ1n) is 16.4. The molecule has 1 amide bonds. The summed E-state index contributed by atoms with van der Waals surface area (Å²) < 4.78 is 0. The number of rotatable bonds is 11. The van der Waals surface area contributed by atoms with E-state index in [-0.39, 0.29) is 17.9 Å². The molecule has 0 saturated carbocycles.